The van der Waals surface area contributed by atoms with E-state index < -0.39 is 12.0 Å². The molecule has 0 amide bonds. The molecule has 0 aliphatic carbocycles. The minimum absolute atomic E-state index is 0.103. The molecule has 2 aliphatic heterocycles. The maximum absolute atomic E-state index is 11.6. The van der Waals surface area contributed by atoms with Gasteiger partial charge in [-0.3, -0.25) is 10.1 Å². The number of hydrogen-bond donors (Lipinski definition) is 3. The van der Waals surface area contributed by atoms with Crippen LogP contribution in [0.2, 0.25) is 0 Å². The molecule has 1 unspecified atom stereocenters. The Morgan fingerprint density at radius 3 is 2.43 bits per heavy atom. The first-order valence-electron chi connectivity index (χ1n) is 11.9. The summed E-state index contributed by atoms with van der Waals surface area (Å²) in [6.45, 7) is 8.59. The molecule has 182 valence electrons. The van der Waals surface area contributed by atoms with Crippen molar-refractivity contribution < 1.29 is 9.90 Å². The molecule has 35 heavy (non-hydrogen) atoms. The standard InChI is InChI=1S/C27H29N3O2S3/c1-5-17-7-9-21(34-17)24-14(3)11-16(28-24)12-19-23(26-30-20(13-33-26)27(31)32)15(4)25(29-19)22-10-8-18(6-2)35-22/h7-12,20,26,28,30H,5-6,13H2,1-4H3,(H,31,32)/b19-12+/t20-,26?/m0/s1. The van der Waals surface area contributed by atoms with Crippen LogP contribution in [0.15, 0.2) is 52.2 Å². The summed E-state index contributed by atoms with van der Waals surface area (Å²) in [7, 11) is 0. The van der Waals surface area contributed by atoms with Crippen LogP contribution in [-0.2, 0) is 17.6 Å². The first-order chi connectivity index (χ1) is 16.9. The van der Waals surface area contributed by atoms with Gasteiger partial charge in [0.25, 0.3) is 0 Å². The highest BCUT2D eigenvalue weighted by Gasteiger charge is 2.36. The van der Waals surface area contributed by atoms with Crippen LogP contribution in [0.3, 0.4) is 0 Å². The summed E-state index contributed by atoms with van der Waals surface area (Å²) in [4.78, 5) is 25.4. The number of H-pyrrole nitrogens is 1. The van der Waals surface area contributed by atoms with Crippen LogP contribution >= 0.6 is 34.4 Å². The average molecular weight is 524 g/mol. The topological polar surface area (TPSA) is 77.5 Å². The van der Waals surface area contributed by atoms with E-state index in [0.29, 0.717) is 5.75 Å². The second kappa shape index (κ2) is 9.93. The fraction of sp³-hybridized carbons (Fsp3) is 0.333. The third-order valence-corrected chi connectivity index (χ3v) is 10.2. The number of rotatable bonds is 7. The summed E-state index contributed by atoms with van der Waals surface area (Å²) < 4.78 is 0. The largest absolute Gasteiger partial charge is 0.480 e. The number of aliphatic carboxylic acids is 1. The van der Waals surface area contributed by atoms with Gasteiger partial charge in [-0.25, -0.2) is 4.99 Å². The quantitative estimate of drug-likeness (QED) is 0.330. The number of aliphatic imine (C=N–C) groups is 1. The molecule has 0 saturated carbocycles. The Hall–Kier alpha value is -2.39. The van der Waals surface area contributed by atoms with Gasteiger partial charge in [-0.1, -0.05) is 13.8 Å². The van der Waals surface area contributed by atoms with Gasteiger partial charge in [0.1, 0.15) is 6.04 Å². The fourth-order valence-corrected chi connectivity index (χ4v) is 7.86. The van der Waals surface area contributed by atoms with Crippen LogP contribution in [-0.4, -0.2) is 38.9 Å². The normalized spacial score (nSPS) is 21.4. The molecule has 5 nitrogen and oxygen atoms in total. The summed E-state index contributed by atoms with van der Waals surface area (Å²) in [5, 5.41) is 12.7. The molecule has 2 atom stereocenters. The number of aryl methyl sites for hydroxylation is 3. The van der Waals surface area contributed by atoms with E-state index in [4.69, 9.17) is 4.99 Å². The predicted octanol–water partition coefficient (Wildman–Crippen LogP) is 6.51. The van der Waals surface area contributed by atoms with E-state index in [1.54, 1.807) is 23.1 Å². The molecule has 1 fully saturated rings. The fourth-order valence-electron chi connectivity index (χ4n) is 4.51. The molecule has 5 heterocycles. The van der Waals surface area contributed by atoms with Crippen molar-refractivity contribution in [2.45, 2.75) is 52.0 Å². The van der Waals surface area contributed by atoms with Crippen LogP contribution in [0.1, 0.15) is 46.7 Å². The van der Waals surface area contributed by atoms with E-state index in [0.717, 1.165) is 51.7 Å². The molecule has 3 N–H and O–H groups in total. The first kappa shape index (κ1) is 24.3. The van der Waals surface area contributed by atoms with E-state index in [-0.39, 0.29) is 5.37 Å². The van der Waals surface area contributed by atoms with Crippen molar-refractivity contribution in [3.05, 3.63) is 73.1 Å². The number of nitrogens with zero attached hydrogens (tertiary/aromatic N) is 1. The van der Waals surface area contributed by atoms with Gasteiger partial charge in [-0.05, 0) is 74.2 Å². The zero-order valence-corrected chi connectivity index (χ0v) is 22.7. The van der Waals surface area contributed by atoms with E-state index in [2.05, 4.69) is 74.4 Å². The molecule has 5 rings (SSSR count). The number of carboxylic acids is 1. The number of carbonyl (C=O) groups is 1. The third-order valence-electron chi connectivity index (χ3n) is 6.44. The number of allylic oxidation sites excluding steroid dienone is 1. The second-order valence-corrected chi connectivity index (χ2v) is 12.3. The average Bonchev–Trinajstić information content (AvgIpc) is 3.64. The molecule has 0 radical (unpaired) electrons. The lowest BCUT2D eigenvalue weighted by molar-refractivity contribution is -0.138. The minimum Gasteiger partial charge on any atom is -0.480 e. The Kier molecular flexibility index (Phi) is 6.90. The number of thiophene rings is 2. The van der Waals surface area contributed by atoms with Crippen molar-refractivity contribution in [3.8, 4) is 10.6 Å². The van der Waals surface area contributed by atoms with Crippen molar-refractivity contribution >= 4 is 52.2 Å². The summed E-state index contributed by atoms with van der Waals surface area (Å²) in [5.74, 6) is -0.261. The molecule has 3 aromatic rings. The number of thioether (sulfide) groups is 1. The highest BCUT2D eigenvalue weighted by Crippen LogP contribution is 2.40. The van der Waals surface area contributed by atoms with Gasteiger partial charge in [0.2, 0.25) is 0 Å². The summed E-state index contributed by atoms with van der Waals surface area (Å²) >= 11 is 5.25. The molecule has 0 aromatic carbocycles. The highest BCUT2D eigenvalue weighted by molar-refractivity contribution is 8.00. The molecular weight excluding hydrogens is 495 g/mol. The molecule has 8 heteroatoms. The lowest BCUT2D eigenvalue weighted by Crippen LogP contribution is -2.37. The Bertz CT molecular complexity index is 1370. The predicted molar refractivity (Wildman–Crippen MR) is 150 cm³/mol. The molecule has 1 saturated heterocycles. The van der Waals surface area contributed by atoms with Gasteiger partial charge in [0.05, 0.1) is 32.2 Å². The second-order valence-electron chi connectivity index (χ2n) is 8.82. The van der Waals surface area contributed by atoms with Crippen molar-refractivity contribution in [3.63, 3.8) is 0 Å². The summed E-state index contributed by atoms with van der Waals surface area (Å²) in [5.41, 5.74) is 7.45. The number of nitrogens with one attached hydrogen (secondary N) is 2. The Morgan fingerprint density at radius 1 is 1.11 bits per heavy atom. The molecule has 0 spiro atoms. The van der Waals surface area contributed by atoms with Gasteiger partial charge < -0.3 is 10.1 Å². The minimum atomic E-state index is -0.805. The monoisotopic (exact) mass is 523 g/mol. The van der Waals surface area contributed by atoms with Crippen LogP contribution in [0.5, 0.6) is 0 Å². The number of carboxylic acid groups (broad SMARTS) is 1. The van der Waals surface area contributed by atoms with Gasteiger partial charge in [0.15, 0.2) is 0 Å². The highest BCUT2D eigenvalue weighted by atomic mass is 32.2. The van der Waals surface area contributed by atoms with E-state index in [1.807, 2.05) is 11.3 Å². The van der Waals surface area contributed by atoms with Gasteiger partial charge >= 0.3 is 5.97 Å². The van der Waals surface area contributed by atoms with Crippen molar-refractivity contribution in [2.24, 2.45) is 4.99 Å². The maximum atomic E-state index is 11.6. The Morgan fingerprint density at radius 2 is 1.80 bits per heavy atom. The number of aromatic nitrogens is 1. The van der Waals surface area contributed by atoms with Crippen molar-refractivity contribution in [2.75, 3.05) is 5.75 Å². The molecule has 3 aromatic heterocycles. The van der Waals surface area contributed by atoms with Gasteiger partial charge in [0, 0.05) is 26.8 Å². The smallest absolute Gasteiger partial charge is 0.321 e. The van der Waals surface area contributed by atoms with E-state index >= 15 is 0 Å². The SMILES string of the molecule is CCc1ccc(C2=N/C(=C/c3cc(C)c(-c4ccc(CC)s4)[nH]3)C(C3N[C@H](C(=O)O)CS3)=C2C)s1. The lowest BCUT2D eigenvalue weighted by atomic mass is 10.0. The lowest BCUT2D eigenvalue weighted by Gasteiger charge is -2.15. The zero-order chi connectivity index (χ0) is 24.7. The van der Waals surface area contributed by atoms with Crippen LogP contribution in [0, 0.1) is 6.92 Å². The molecular formula is C27H29N3O2S3. The van der Waals surface area contributed by atoms with Crippen LogP contribution < -0.4 is 5.32 Å². The van der Waals surface area contributed by atoms with Crippen molar-refractivity contribution in [1.82, 2.24) is 10.3 Å². The van der Waals surface area contributed by atoms with Crippen LogP contribution in [0.4, 0.5) is 0 Å². The summed E-state index contributed by atoms with van der Waals surface area (Å²) in [6, 6.07) is 10.3. The number of aromatic amines is 1. The van der Waals surface area contributed by atoms with E-state index in [1.165, 1.54) is 20.2 Å². The Labute approximate surface area is 218 Å². The summed E-state index contributed by atoms with van der Waals surface area (Å²) in [6.07, 6.45) is 4.16. The number of hydrogen-bond acceptors (Lipinski definition) is 6. The Balaban J connectivity index is 1.54. The van der Waals surface area contributed by atoms with E-state index in [9.17, 15) is 9.90 Å². The first-order valence-corrected chi connectivity index (χ1v) is 14.6. The third kappa shape index (κ3) is 4.72. The van der Waals surface area contributed by atoms with Gasteiger partial charge in [-0.2, -0.15) is 0 Å². The maximum Gasteiger partial charge on any atom is 0.321 e. The van der Waals surface area contributed by atoms with Crippen molar-refractivity contribution in [1.29, 1.82) is 0 Å². The van der Waals surface area contributed by atoms with Crippen LogP contribution in [0.25, 0.3) is 16.6 Å². The zero-order valence-electron chi connectivity index (χ0n) is 20.3. The van der Waals surface area contributed by atoms with Gasteiger partial charge in [-0.15, -0.1) is 34.4 Å². The molecule has 0 bridgehead atoms. The molecule has 2 aliphatic rings.